The molecule has 2 aromatic rings. The van der Waals surface area contributed by atoms with Gasteiger partial charge in [-0.05, 0) is 37.2 Å². The van der Waals surface area contributed by atoms with Crippen molar-refractivity contribution in [1.82, 2.24) is 24.7 Å². The van der Waals surface area contributed by atoms with Gasteiger partial charge in [-0.3, -0.25) is 10.1 Å². The van der Waals surface area contributed by atoms with Gasteiger partial charge in [-0.25, -0.2) is 23.7 Å². The van der Waals surface area contributed by atoms with Crippen molar-refractivity contribution in [2.75, 3.05) is 30.8 Å². The van der Waals surface area contributed by atoms with Gasteiger partial charge in [0.25, 0.3) is 6.43 Å². The summed E-state index contributed by atoms with van der Waals surface area (Å²) in [7, 11) is 0. The van der Waals surface area contributed by atoms with Gasteiger partial charge in [-0.15, -0.1) is 0 Å². The van der Waals surface area contributed by atoms with Gasteiger partial charge in [-0.2, -0.15) is 0 Å². The van der Waals surface area contributed by atoms with E-state index in [0.717, 1.165) is 37.9 Å². The molecule has 1 aliphatic heterocycles. The molecule has 0 aromatic carbocycles. The molecule has 150 valence electrons. The maximum absolute atomic E-state index is 12.4. The Labute approximate surface area is 166 Å². The normalized spacial score (nSPS) is 17.6. The van der Waals surface area contributed by atoms with E-state index in [0.29, 0.717) is 23.1 Å². The Hall–Kier alpha value is -2.33. The van der Waals surface area contributed by atoms with Crippen molar-refractivity contribution >= 4 is 29.6 Å². The topological polar surface area (TPSA) is 93.6 Å². The quantitative estimate of drug-likeness (QED) is 0.459. The molecule has 2 aromatic heterocycles. The van der Waals surface area contributed by atoms with E-state index in [1.54, 1.807) is 18.1 Å². The van der Waals surface area contributed by atoms with E-state index in [1.165, 1.54) is 18.8 Å². The fraction of sp³-hybridized carbons (Fsp3) is 0.444. The lowest BCUT2D eigenvalue weighted by molar-refractivity contribution is 0.226. The molecule has 1 saturated heterocycles. The summed E-state index contributed by atoms with van der Waals surface area (Å²) < 4.78 is 28.1. The number of aromatic nitrogens is 4. The van der Waals surface area contributed by atoms with Gasteiger partial charge in [0.1, 0.15) is 18.0 Å². The number of rotatable bonds is 8. The van der Waals surface area contributed by atoms with E-state index < -0.39 is 12.1 Å². The summed E-state index contributed by atoms with van der Waals surface area (Å²) in [6, 6.07) is 1.91. The van der Waals surface area contributed by atoms with E-state index in [2.05, 4.69) is 29.6 Å². The van der Waals surface area contributed by atoms with Crippen molar-refractivity contribution in [1.29, 1.82) is 5.41 Å². The molecule has 0 aliphatic carbocycles. The molecular weight excluding hydrogens is 384 g/mol. The molecule has 1 atom stereocenters. The lowest BCUT2D eigenvalue weighted by atomic mass is 9.98. The van der Waals surface area contributed by atoms with E-state index >= 15 is 0 Å². The SMILES string of the molecule is CSNCC1CCCN(c2cc(-c3cnc(/C=C\C(=N)C(F)F)[nH]3)ncn2)C1. The van der Waals surface area contributed by atoms with Crippen molar-refractivity contribution in [3.63, 3.8) is 0 Å². The van der Waals surface area contributed by atoms with Crippen molar-refractivity contribution in [2.24, 2.45) is 5.92 Å². The van der Waals surface area contributed by atoms with Gasteiger partial charge in [0.05, 0.1) is 23.3 Å². The number of halogens is 2. The van der Waals surface area contributed by atoms with Gasteiger partial charge >= 0.3 is 0 Å². The molecule has 3 rings (SSSR count). The van der Waals surface area contributed by atoms with E-state index in [1.807, 2.05) is 12.3 Å². The standard InChI is InChI=1S/C18H23F2N7S/c1-28-25-8-12-3-2-6-27(10-12)17-7-14(23-11-24-17)15-9-22-16(26-15)5-4-13(21)18(19)20/h4-5,7,9,11-12,18,21,25H,2-3,6,8,10H2,1H3,(H,22,26)/b5-4-,21-13?. The first kappa shape index (κ1) is 20.4. The molecule has 28 heavy (non-hydrogen) atoms. The number of alkyl halides is 2. The molecule has 1 unspecified atom stereocenters. The number of anilines is 1. The minimum atomic E-state index is -2.80. The maximum Gasteiger partial charge on any atom is 0.279 e. The summed E-state index contributed by atoms with van der Waals surface area (Å²) in [6.45, 7) is 2.87. The Kier molecular flexibility index (Phi) is 7.10. The van der Waals surface area contributed by atoms with Crippen LogP contribution in [-0.4, -0.2) is 58.0 Å². The van der Waals surface area contributed by atoms with Gasteiger partial charge in [0, 0.05) is 25.7 Å². The molecular formula is C18H23F2N7S. The Bertz CT molecular complexity index is 824. The van der Waals surface area contributed by atoms with Crippen molar-refractivity contribution in [2.45, 2.75) is 19.3 Å². The Morgan fingerprint density at radius 1 is 1.46 bits per heavy atom. The molecule has 1 aliphatic rings. The van der Waals surface area contributed by atoms with Gasteiger partial charge in [-0.1, -0.05) is 11.9 Å². The van der Waals surface area contributed by atoms with Crippen LogP contribution in [0.2, 0.25) is 0 Å². The van der Waals surface area contributed by atoms with Gasteiger partial charge in [0.2, 0.25) is 0 Å². The average Bonchev–Trinajstić information content (AvgIpc) is 3.20. The van der Waals surface area contributed by atoms with Crippen LogP contribution in [0.4, 0.5) is 14.6 Å². The predicted octanol–water partition coefficient (Wildman–Crippen LogP) is 3.25. The van der Waals surface area contributed by atoms with Crippen LogP contribution in [0.15, 0.2) is 24.7 Å². The fourth-order valence-electron chi connectivity index (χ4n) is 3.10. The monoisotopic (exact) mass is 407 g/mol. The van der Waals surface area contributed by atoms with Crippen LogP contribution in [0.3, 0.4) is 0 Å². The Balaban J connectivity index is 1.70. The summed E-state index contributed by atoms with van der Waals surface area (Å²) in [5.74, 6) is 1.83. The number of nitrogens with one attached hydrogen (secondary N) is 3. The maximum atomic E-state index is 12.4. The van der Waals surface area contributed by atoms with Crippen LogP contribution in [0.25, 0.3) is 17.5 Å². The number of allylic oxidation sites excluding steroid dienone is 1. The highest BCUT2D eigenvalue weighted by molar-refractivity contribution is 7.96. The molecule has 7 nitrogen and oxygen atoms in total. The largest absolute Gasteiger partial charge is 0.356 e. The number of nitrogens with zero attached hydrogens (tertiary/aromatic N) is 4. The second-order valence-electron chi connectivity index (χ2n) is 6.54. The minimum absolute atomic E-state index is 0.390. The van der Waals surface area contributed by atoms with Crippen molar-refractivity contribution in [3.05, 3.63) is 30.5 Å². The number of hydrogen-bond donors (Lipinski definition) is 3. The summed E-state index contributed by atoms with van der Waals surface area (Å²) >= 11 is 1.64. The van der Waals surface area contributed by atoms with E-state index in [4.69, 9.17) is 5.41 Å². The summed E-state index contributed by atoms with van der Waals surface area (Å²) in [5.41, 5.74) is 0.604. The summed E-state index contributed by atoms with van der Waals surface area (Å²) in [6.07, 6.45) is 7.07. The third-order valence-corrected chi connectivity index (χ3v) is 4.99. The highest BCUT2D eigenvalue weighted by atomic mass is 32.2. The van der Waals surface area contributed by atoms with Crippen LogP contribution in [0.5, 0.6) is 0 Å². The first-order valence-corrected chi connectivity index (χ1v) is 10.2. The first-order chi connectivity index (χ1) is 13.6. The minimum Gasteiger partial charge on any atom is -0.356 e. The van der Waals surface area contributed by atoms with Gasteiger partial charge in [0.15, 0.2) is 0 Å². The first-order valence-electron chi connectivity index (χ1n) is 8.99. The number of piperidine rings is 1. The second-order valence-corrected chi connectivity index (χ2v) is 7.24. The molecule has 0 radical (unpaired) electrons. The van der Waals surface area contributed by atoms with Crippen molar-refractivity contribution in [3.8, 4) is 11.4 Å². The highest BCUT2D eigenvalue weighted by Crippen LogP contribution is 2.24. The zero-order chi connectivity index (χ0) is 19.9. The number of aromatic amines is 1. The molecule has 10 heteroatoms. The van der Waals surface area contributed by atoms with Crippen LogP contribution < -0.4 is 9.62 Å². The third-order valence-electron chi connectivity index (χ3n) is 4.54. The molecule has 3 heterocycles. The van der Waals surface area contributed by atoms with Crippen LogP contribution in [0.1, 0.15) is 18.7 Å². The van der Waals surface area contributed by atoms with Crippen LogP contribution in [-0.2, 0) is 0 Å². The number of imidazole rings is 1. The molecule has 0 saturated carbocycles. The summed E-state index contributed by atoms with van der Waals surface area (Å²) in [5, 5.41) is 7.15. The summed E-state index contributed by atoms with van der Waals surface area (Å²) in [4.78, 5) is 18.2. The van der Waals surface area contributed by atoms with Crippen molar-refractivity contribution < 1.29 is 8.78 Å². The third kappa shape index (κ3) is 5.35. The average molecular weight is 407 g/mol. The van der Waals surface area contributed by atoms with E-state index in [-0.39, 0.29) is 0 Å². The number of hydrogen-bond acceptors (Lipinski definition) is 7. The molecule has 1 fully saturated rings. The number of H-pyrrole nitrogens is 1. The van der Waals surface area contributed by atoms with Crippen LogP contribution >= 0.6 is 11.9 Å². The second kappa shape index (κ2) is 9.74. The molecule has 3 N–H and O–H groups in total. The molecule has 0 amide bonds. The highest BCUT2D eigenvalue weighted by Gasteiger charge is 2.21. The van der Waals surface area contributed by atoms with E-state index in [9.17, 15) is 8.78 Å². The molecule has 0 spiro atoms. The smallest absolute Gasteiger partial charge is 0.279 e. The lowest BCUT2D eigenvalue weighted by Crippen LogP contribution is -2.39. The Morgan fingerprint density at radius 3 is 3.11 bits per heavy atom. The fourth-order valence-corrected chi connectivity index (χ4v) is 3.50. The lowest BCUT2D eigenvalue weighted by Gasteiger charge is -2.33. The van der Waals surface area contributed by atoms with Gasteiger partial charge < -0.3 is 9.88 Å². The Morgan fingerprint density at radius 2 is 2.32 bits per heavy atom. The predicted molar refractivity (Wildman–Crippen MR) is 109 cm³/mol. The zero-order valence-electron chi connectivity index (χ0n) is 15.5. The molecule has 0 bridgehead atoms. The van der Waals surface area contributed by atoms with Crippen LogP contribution in [0, 0.1) is 11.3 Å². The zero-order valence-corrected chi connectivity index (χ0v) is 16.3.